The maximum atomic E-state index is 13.0. The van der Waals surface area contributed by atoms with Crippen molar-refractivity contribution in [2.75, 3.05) is 46.0 Å². The molecule has 1 N–H and O–H groups in total. The van der Waals surface area contributed by atoms with Crippen LogP contribution in [0.1, 0.15) is 17.4 Å². The first-order chi connectivity index (χ1) is 15.6. The van der Waals surface area contributed by atoms with Crippen molar-refractivity contribution >= 4 is 17.4 Å². The summed E-state index contributed by atoms with van der Waals surface area (Å²) in [7, 11) is 0. The summed E-state index contributed by atoms with van der Waals surface area (Å²) in [5.41, 5.74) is 0.436. The van der Waals surface area contributed by atoms with Gasteiger partial charge in [-0.15, -0.1) is 0 Å². The second kappa shape index (κ2) is 9.84. The first-order valence-electron chi connectivity index (χ1n) is 10.6. The Morgan fingerprint density at radius 3 is 2.56 bits per heavy atom. The summed E-state index contributed by atoms with van der Waals surface area (Å²) in [5, 5.41) is 11.0. The van der Waals surface area contributed by atoms with Crippen LogP contribution in [0.2, 0.25) is 0 Å². The standard InChI is InChI=1S/C24H26N2O6/c1-2-13-31-18-7-5-17(6-8-18)22(27)20-21(19-4-3-14-32-19)26(24(29)23(20)28)10-9-25-11-15-30-16-12-25/h2-8,14,21,27H,1,9-13,15-16H2. The highest BCUT2D eigenvalue weighted by atomic mass is 16.5. The Kier molecular flexibility index (Phi) is 6.72. The number of ketones is 1. The highest BCUT2D eigenvalue weighted by molar-refractivity contribution is 6.46. The molecular weight excluding hydrogens is 412 g/mol. The Morgan fingerprint density at radius 1 is 1.16 bits per heavy atom. The van der Waals surface area contributed by atoms with Gasteiger partial charge in [-0.3, -0.25) is 14.5 Å². The van der Waals surface area contributed by atoms with E-state index >= 15 is 0 Å². The van der Waals surface area contributed by atoms with Gasteiger partial charge in [-0.05, 0) is 36.4 Å². The van der Waals surface area contributed by atoms with Crippen LogP contribution in [0.3, 0.4) is 0 Å². The third kappa shape index (κ3) is 4.46. The minimum atomic E-state index is -0.789. The number of aliphatic hydroxyl groups excluding tert-OH is 1. The summed E-state index contributed by atoms with van der Waals surface area (Å²) in [4.78, 5) is 29.6. The van der Waals surface area contributed by atoms with Crippen LogP contribution in [0, 0.1) is 0 Å². The molecule has 0 bridgehead atoms. The topological polar surface area (TPSA) is 92.5 Å². The van der Waals surface area contributed by atoms with Crippen molar-refractivity contribution in [1.29, 1.82) is 0 Å². The maximum Gasteiger partial charge on any atom is 0.295 e. The van der Waals surface area contributed by atoms with E-state index in [0.717, 1.165) is 13.1 Å². The van der Waals surface area contributed by atoms with Crippen molar-refractivity contribution in [1.82, 2.24) is 9.80 Å². The molecule has 4 rings (SSSR count). The van der Waals surface area contributed by atoms with Gasteiger partial charge in [-0.1, -0.05) is 12.7 Å². The largest absolute Gasteiger partial charge is 0.507 e. The molecule has 1 aromatic heterocycles. The van der Waals surface area contributed by atoms with Crippen LogP contribution >= 0.6 is 0 Å². The molecule has 8 nitrogen and oxygen atoms in total. The number of carbonyl (C=O) groups excluding carboxylic acids is 2. The molecule has 1 atom stereocenters. The van der Waals surface area contributed by atoms with E-state index in [1.807, 2.05) is 0 Å². The zero-order valence-electron chi connectivity index (χ0n) is 17.7. The second-order valence-corrected chi connectivity index (χ2v) is 7.59. The van der Waals surface area contributed by atoms with Crippen molar-refractivity contribution in [3.63, 3.8) is 0 Å². The SMILES string of the molecule is C=CCOc1ccc(C(O)=C2C(=O)C(=O)N(CCN3CCOCC3)C2c2ccco2)cc1. The molecule has 2 aliphatic rings. The smallest absolute Gasteiger partial charge is 0.295 e. The zero-order chi connectivity index (χ0) is 22.5. The van der Waals surface area contributed by atoms with E-state index in [0.29, 0.717) is 50.0 Å². The monoisotopic (exact) mass is 438 g/mol. The number of Topliss-reactive ketones (excluding diaryl/α,β-unsaturated/α-hetero) is 1. The fraction of sp³-hybridized carbons (Fsp3) is 0.333. The quantitative estimate of drug-likeness (QED) is 0.293. The fourth-order valence-corrected chi connectivity index (χ4v) is 3.95. The molecule has 2 saturated heterocycles. The first-order valence-corrected chi connectivity index (χ1v) is 10.6. The third-order valence-corrected chi connectivity index (χ3v) is 5.61. The number of hydrogen-bond donors (Lipinski definition) is 1. The lowest BCUT2D eigenvalue weighted by atomic mass is 9.99. The Morgan fingerprint density at radius 2 is 1.91 bits per heavy atom. The van der Waals surface area contributed by atoms with Crippen LogP contribution in [-0.4, -0.2) is 72.6 Å². The predicted octanol–water partition coefficient (Wildman–Crippen LogP) is 2.60. The lowest BCUT2D eigenvalue weighted by Gasteiger charge is -2.30. The van der Waals surface area contributed by atoms with E-state index in [2.05, 4.69) is 11.5 Å². The molecule has 2 fully saturated rings. The minimum absolute atomic E-state index is 0.0201. The number of likely N-dealkylation sites (tertiary alicyclic amines) is 1. The first kappa shape index (κ1) is 21.9. The van der Waals surface area contributed by atoms with Gasteiger partial charge in [0.2, 0.25) is 0 Å². The maximum absolute atomic E-state index is 13.0. The van der Waals surface area contributed by atoms with Crippen molar-refractivity contribution in [3.05, 3.63) is 72.2 Å². The van der Waals surface area contributed by atoms with Gasteiger partial charge in [0.1, 0.15) is 29.9 Å². The van der Waals surface area contributed by atoms with Crippen LogP contribution in [-0.2, 0) is 14.3 Å². The molecule has 0 aliphatic carbocycles. The lowest BCUT2D eigenvalue weighted by Crippen LogP contribution is -2.42. The summed E-state index contributed by atoms with van der Waals surface area (Å²) in [6.45, 7) is 7.74. The van der Waals surface area contributed by atoms with Crippen molar-refractivity contribution in [2.45, 2.75) is 6.04 Å². The predicted molar refractivity (Wildman–Crippen MR) is 117 cm³/mol. The van der Waals surface area contributed by atoms with Crippen molar-refractivity contribution in [3.8, 4) is 5.75 Å². The lowest BCUT2D eigenvalue weighted by molar-refractivity contribution is -0.140. The molecule has 32 heavy (non-hydrogen) atoms. The molecular formula is C24H26N2O6. The van der Waals surface area contributed by atoms with Gasteiger partial charge < -0.3 is 23.9 Å². The van der Waals surface area contributed by atoms with Crippen LogP contribution in [0.25, 0.3) is 5.76 Å². The third-order valence-electron chi connectivity index (χ3n) is 5.61. The molecule has 1 unspecified atom stereocenters. The van der Waals surface area contributed by atoms with Crippen LogP contribution in [0.5, 0.6) is 5.75 Å². The number of morpholine rings is 1. The summed E-state index contributed by atoms with van der Waals surface area (Å²) < 4.78 is 16.4. The fourth-order valence-electron chi connectivity index (χ4n) is 3.95. The summed E-state index contributed by atoms with van der Waals surface area (Å²) in [6.07, 6.45) is 3.12. The molecule has 168 valence electrons. The van der Waals surface area contributed by atoms with Gasteiger partial charge in [0.25, 0.3) is 11.7 Å². The van der Waals surface area contributed by atoms with Gasteiger partial charge >= 0.3 is 0 Å². The van der Waals surface area contributed by atoms with Crippen LogP contribution in [0.4, 0.5) is 0 Å². The number of carbonyl (C=O) groups is 2. The van der Waals surface area contributed by atoms with Crippen molar-refractivity contribution in [2.24, 2.45) is 0 Å². The van der Waals surface area contributed by atoms with E-state index in [-0.39, 0.29) is 11.3 Å². The van der Waals surface area contributed by atoms with Gasteiger partial charge in [0.05, 0.1) is 25.1 Å². The highest BCUT2D eigenvalue weighted by Gasteiger charge is 2.47. The van der Waals surface area contributed by atoms with Crippen LogP contribution < -0.4 is 4.74 Å². The van der Waals surface area contributed by atoms with Gasteiger partial charge in [0.15, 0.2) is 0 Å². The number of benzene rings is 1. The van der Waals surface area contributed by atoms with Crippen molar-refractivity contribution < 1.29 is 28.6 Å². The zero-order valence-corrected chi connectivity index (χ0v) is 17.7. The molecule has 0 spiro atoms. The van der Waals surface area contributed by atoms with E-state index in [1.54, 1.807) is 42.5 Å². The van der Waals surface area contributed by atoms with E-state index in [9.17, 15) is 14.7 Å². The molecule has 1 aromatic carbocycles. The summed E-state index contributed by atoms with van der Waals surface area (Å²) in [5.74, 6) is -0.576. The Balaban J connectivity index is 1.64. The average molecular weight is 438 g/mol. The molecule has 3 heterocycles. The molecule has 2 aromatic rings. The Hall–Kier alpha value is -3.36. The Bertz CT molecular complexity index is 990. The Labute approximate surface area is 186 Å². The average Bonchev–Trinajstić information content (AvgIpc) is 3.44. The number of furan rings is 1. The van der Waals surface area contributed by atoms with E-state index < -0.39 is 17.7 Å². The van der Waals surface area contributed by atoms with E-state index in [1.165, 1.54) is 11.2 Å². The number of aliphatic hydroxyl groups is 1. The minimum Gasteiger partial charge on any atom is -0.507 e. The van der Waals surface area contributed by atoms with Gasteiger partial charge in [0, 0.05) is 31.7 Å². The number of ether oxygens (including phenoxy) is 2. The second-order valence-electron chi connectivity index (χ2n) is 7.59. The molecule has 0 saturated carbocycles. The molecule has 0 radical (unpaired) electrons. The van der Waals surface area contributed by atoms with E-state index in [4.69, 9.17) is 13.9 Å². The number of rotatable bonds is 8. The molecule has 1 amide bonds. The number of amides is 1. The normalized spacial score (nSPS) is 21.1. The van der Waals surface area contributed by atoms with Gasteiger partial charge in [-0.25, -0.2) is 0 Å². The summed E-state index contributed by atoms with van der Waals surface area (Å²) in [6, 6.07) is 9.29. The molecule has 8 heteroatoms. The highest BCUT2D eigenvalue weighted by Crippen LogP contribution is 2.39. The number of nitrogens with zero attached hydrogens (tertiary/aromatic N) is 2. The molecule has 2 aliphatic heterocycles. The summed E-state index contributed by atoms with van der Waals surface area (Å²) >= 11 is 0. The number of hydrogen-bond acceptors (Lipinski definition) is 7. The van der Waals surface area contributed by atoms with Gasteiger partial charge in [-0.2, -0.15) is 0 Å². The van der Waals surface area contributed by atoms with Crippen LogP contribution in [0.15, 0.2) is 65.3 Å².